The molecule has 1 aliphatic rings. The lowest BCUT2D eigenvalue weighted by Crippen LogP contribution is -2.38. The highest BCUT2D eigenvalue weighted by atomic mass is 32.2. The van der Waals surface area contributed by atoms with E-state index < -0.39 is 28.4 Å². The maximum Gasteiger partial charge on any atom is 0.268 e. The molecule has 6 nitrogen and oxygen atoms in total. The molecule has 1 N–H and O–H groups in total. The fraction of sp³-hybridized carbons (Fsp3) is 0.200. The van der Waals surface area contributed by atoms with Gasteiger partial charge in [0.1, 0.15) is 11.4 Å². The van der Waals surface area contributed by atoms with E-state index in [0.29, 0.717) is 15.6 Å². The van der Waals surface area contributed by atoms with Crippen molar-refractivity contribution in [3.63, 3.8) is 0 Å². The fourth-order valence-corrected chi connectivity index (χ4v) is 4.96. The summed E-state index contributed by atoms with van der Waals surface area (Å²) in [5.74, 6) is -1.25. The van der Waals surface area contributed by atoms with Crippen molar-refractivity contribution in [3.8, 4) is 0 Å². The van der Waals surface area contributed by atoms with Crippen LogP contribution in [0, 0.1) is 13.8 Å². The third kappa shape index (κ3) is 3.64. The van der Waals surface area contributed by atoms with Crippen LogP contribution in [0.25, 0.3) is 4.91 Å². The Morgan fingerprint density at radius 3 is 2.19 bits per heavy atom. The molecule has 0 fully saturated rings. The Labute approximate surface area is 158 Å². The summed E-state index contributed by atoms with van der Waals surface area (Å²) >= 11 is 0. The van der Waals surface area contributed by atoms with E-state index in [2.05, 4.69) is 5.32 Å². The number of carbonyl (C=O) groups excluding carboxylic acids is 2. The van der Waals surface area contributed by atoms with Gasteiger partial charge in [-0.2, -0.15) is 0 Å². The van der Waals surface area contributed by atoms with Gasteiger partial charge in [0.2, 0.25) is 5.91 Å². The summed E-state index contributed by atoms with van der Waals surface area (Å²) in [4.78, 5) is 24.8. The van der Waals surface area contributed by atoms with Crippen LogP contribution in [0.1, 0.15) is 23.6 Å². The van der Waals surface area contributed by atoms with Crippen molar-refractivity contribution in [2.24, 2.45) is 0 Å². The first-order valence-corrected chi connectivity index (χ1v) is 9.85. The predicted octanol–water partition coefficient (Wildman–Crippen LogP) is 2.85. The molecule has 2 aromatic rings. The van der Waals surface area contributed by atoms with Crippen LogP contribution in [0.4, 0.5) is 5.69 Å². The molecule has 0 spiro atoms. The smallest absolute Gasteiger partial charge is 0.268 e. The topological polar surface area (TPSA) is 83.6 Å². The van der Waals surface area contributed by atoms with Crippen LogP contribution in [0.3, 0.4) is 0 Å². The van der Waals surface area contributed by atoms with E-state index in [-0.39, 0.29) is 10.5 Å². The van der Waals surface area contributed by atoms with Crippen molar-refractivity contribution in [2.45, 2.75) is 20.8 Å². The molecule has 0 radical (unpaired) electrons. The molecular weight excluding hydrogens is 364 g/mol. The molecule has 2 aromatic carbocycles. The minimum Gasteiger partial charge on any atom is -0.324 e. The molecule has 0 bridgehead atoms. The van der Waals surface area contributed by atoms with Gasteiger partial charge in [-0.25, -0.2) is 12.7 Å². The molecule has 27 heavy (non-hydrogen) atoms. The second-order valence-corrected chi connectivity index (χ2v) is 8.36. The van der Waals surface area contributed by atoms with E-state index in [0.717, 1.165) is 11.1 Å². The van der Waals surface area contributed by atoms with Crippen LogP contribution in [-0.4, -0.2) is 31.1 Å². The second kappa shape index (κ2) is 7.00. The third-order valence-electron chi connectivity index (χ3n) is 4.26. The molecular formula is C20H20N2O4S. The van der Waals surface area contributed by atoms with Gasteiger partial charge in [0.05, 0.1) is 0 Å². The quantitative estimate of drug-likeness (QED) is 0.879. The predicted molar refractivity (Wildman–Crippen MR) is 104 cm³/mol. The molecule has 3 rings (SSSR count). The Morgan fingerprint density at radius 1 is 1.00 bits per heavy atom. The molecule has 140 valence electrons. The number of nitrogens with zero attached hydrogens (tertiary/aromatic N) is 1. The van der Waals surface area contributed by atoms with Gasteiger partial charge >= 0.3 is 0 Å². The first-order chi connectivity index (χ1) is 12.7. The summed E-state index contributed by atoms with van der Waals surface area (Å²) in [5.41, 5.74) is 3.05. The summed E-state index contributed by atoms with van der Waals surface area (Å²) in [6, 6.07) is 13.9. The van der Waals surface area contributed by atoms with Crippen molar-refractivity contribution in [3.05, 3.63) is 70.8 Å². The number of benzene rings is 2. The van der Waals surface area contributed by atoms with Gasteiger partial charge in [0.15, 0.2) is 0 Å². The van der Waals surface area contributed by atoms with Gasteiger partial charge < -0.3 is 5.32 Å². The fourth-order valence-electron chi connectivity index (χ4n) is 3.19. The van der Waals surface area contributed by atoms with Crippen molar-refractivity contribution >= 4 is 32.4 Å². The number of sulfonamides is 1. The van der Waals surface area contributed by atoms with E-state index in [9.17, 15) is 18.0 Å². The van der Waals surface area contributed by atoms with Gasteiger partial charge in [0.25, 0.3) is 15.9 Å². The standard InChI is InChI=1S/C20H20N2O4S/c1-13-9-14(2)11-17(10-13)21-18(23)12-22-20(24)15(3)19(27(22,25)26)16-7-5-4-6-8-16/h4-11H,12H2,1-3H3,(H,21,23). The van der Waals surface area contributed by atoms with Crippen molar-refractivity contribution in [2.75, 3.05) is 11.9 Å². The average Bonchev–Trinajstić information content (AvgIpc) is 2.74. The maximum atomic E-state index is 12.9. The van der Waals surface area contributed by atoms with Crippen molar-refractivity contribution in [1.82, 2.24) is 4.31 Å². The summed E-state index contributed by atoms with van der Waals surface area (Å²) in [6.07, 6.45) is 0. The van der Waals surface area contributed by atoms with E-state index in [1.165, 1.54) is 6.92 Å². The van der Waals surface area contributed by atoms with E-state index in [1.54, 1.807) is 42.5 Å². The van der Waals surface area contributed by atoms with Gasteiger partial charge in [-0.1, -0.05) is 36.4 Å². The number of carbonyl (C=O) groups is 2. The Balaban J connectivity index is 1.84. The van der Waals surface area contributed by atoms with Crippen molar-refractivity contribution < 1.29 is 18.0 Å². The van der Waals surface area contributed by atoms with Gasteiger partial charge in [0, 0.05) is 11.3 Å². The SMILES string of the molecule is CC1=C(c2ccccc2)S(=O)(=O)N(CC(=O)Nc2cc(C)cc(C)c2)C1=O. The first-order valence-electron chi connectivity index (χ1n) is 8.41. The molecule has 1 aliphatic heterocycles. The highest BCUT2D eigenvalue weighted by Gasteiger charge is 2.43. The molecule has 1 heterocycles. The van der Waals surface area contributed by atoms with Crippen LogP contribution in [0.15, 0.2) is 54.1 Å². The summed E-state index contributed by atoms with van der Waals surface area (Å²) in [6.45, 7) is 4.69. The Bertz CT molecular complexity index is 1040. The lowest BCUT2D eigenvalue weighted by molar-refractivity contribution is -0.126. The molecule has 0 aromatic heterocycles. The van der Waals surface area contributed by atoms with Gasteiger partial charge in [-0.3, -0.25) is 9.59 Å². The molecule has 0 saturated heterocycles. The number of amides is 2. The summed E-state index contributed by atoms with van der Waals surface area (Å²) in [5, 5.41) is 2.66. The molecule has 0 saturated carbocycles. The zero-order chi connectivity index (χ0) is 19.8. The summed E-state index contributed by atoms with van der Waals surface area (Å²) < 4.78 is 26.4. The van der Waals surface area contributed by atoms with Crippen LogP contribution in [-0.2, 0) is 19.6 Å². The van der Waals surface area contributed by atoms with Gasteiger partial charge in [-0.05, 0) is 49.6 Å². The number of hydrogen-bond acceptors (Lipinski definition) is 4. The lowest BCUT2D eigenvalue weighted by Gasteiger charge is -2.16. The molecule has 0 unspecified atom stereocenters. The Morgan fingerprint density at radius 2 is 1.59 bits per heavy atom. The maximum absolute atomic E-state index is 12.9. The van der Waals surface area contributed by atoms with E-state index in [4.69, 9.17) is 0 Å². The normalized spacial score (nSPS) is 16.0. The zero-order valence-electron chi connectivity index (χ0n) is 15.3. The minimum atomic E-state index is -4.08. The minimum absolute atomic E-state index is 0.0488. The second-order valence-electron chi connectivity index (χ2n) is 6.56. The van der Waals surface area contributed by atoms with Gasteiger partial charge in [-0.15, -0.1) is 0 Å². The molecule has 7 heteroatoms. The highest BCUT2D eigenvalue weighted by Crippen LogP contribution is 2.35. The molecule has 0 aliphatic carbocycles. The van der Waals surface area contributed by atoms with Crippen LogP contribution in [0.2, 0.25) is 0 Å². The summed E-state index contributed by atoms with van der Waals surface area (Å²) in [7, 11) is -4.08. The Kier molecular flexibility index (Phi) is 4.89. The average molecular weight is 384 g/mol. The monoisotopic (exact) mass is 384 g/mol. The van der Waals surface area contributed by atoms with E-state index in [1.807, 2.05) is 19.9 Å². The largest absolute Gasteiger partial charge is 0.324 e. The number of anilines is 1. The Hall–Kier alpha value is -2.93. The first kappa shape index (κ1) is 18.8. The third-order valence-corrected chi connectivity index (χ3v) is 6.20. The number of nitrogens with one attached hydrogen (secondary N) is 1. The number of rotatable bonds is 4. The molecule has 0 atom stereocenters. The molecule has 2 amide bonds. The number of hydrogen-bond donors (Lipinski definition) is 1. The highest BCUT2D eigenvalue weighted by molar-refractivity contribution is 7.99. The van der Waals surface area contributed by atoms with Crippen LogP contribution < -0.4 is 5.32 Å². The zero-order valence-corrected chi connectivity index (χ0v) is 16.1. The van der Waals surface area contributed by atoms with Crippen LogP contribution >= 0.6 is 0 Å². The van der Waals surface area contributed by atoms with Crippen LogP contribution in [0.5, 0.6) is 0 Å². The van der Waals surface area contributed by atoms with Crippen molar-refractivity contribution in [1.29, 1.82) is 0 Å². The van der Waals surface area contributed by atoms with E-state index >= 15 is 0 Å². The number of aryl methyl sites for hydroxylation is 2. The lowest BCUT2D eigenvalue weighted by atomic mass is 10.1.